The van der Waals surface area contributed by atoms with Crippen LogP contribution in [0.2, 0.25) is 0 Å². The first-order valence-corrected chi connectivity index (χ1v) is 6.54. The van der Waals surface area contributed by atoms with Gasteiger partial charge in [0.25, 0.3) is 0 Å². The number of aliphatic carboxylic acids is 1. The van der Waals surface area contributed by atoms with E-state index in [-0.39, 0.29) is 18.9 Å². The van der Waals surface area contributed by atoms with Crippen LogP contribution in [0.25, 0.3) is 10.8 Å². The average Bonchev–Trinajstić information content (AvgIpc) is 2.45. The third-order valence-electron chi connectivity index (χ3n) is 3.44. The topological polar surface area (TPSA) is 66.8 Å². The summed E-state index contributed by atoms with van der Waals surface area (Å²) in [5, 5.41) is 20.1. The first-order chi connectivity index (χ1) is 9.63. The van der Waals surface area contributed by atoms with Crippen molar-refractivity contribution in [2.75, 3.05) is 13.7 Å². The summed E-state index contributed by atoms with van der Waals surface area (Å²) in [6.45, 7) is -0.0153. The van der Waals surface area contributed by atoms with Gasteiger partial charge in [0, 0.05) is 6.61 Å². The SMILES string of the molecule is COc1ccc2cc(C(CCO)CC(=O)O)ccc2c1. The molecule has 0 radical (unpaired) electrons. The highest BCUT2D eigenvalue weighted by Gasteiger charge is 2.15. The van der Waals surface area contributed by atoms with Crippen molar-refractivity contribution in [3.05, 3.63) is 42.0 Å². The van der Waals surface area contributed by atoms with Crippen molar-refractivity contribution in [3.8, 4) is 5.75 Å². The van der Waals surface area contributed by atoms with Gasteiger partial charge in [-0.25, -0.2) is 0 Å². The molecule has 0 aliphatic heterocycles. The number of carbonyl (C=O) groups is 1. The molecule has 0 heterocycles. The van der Waals surface area contributed by atoms with Gasteiger partial charge in [0.05, 0.1) is 13.5 Å². The molecule has 1 atom stereocenters. The van der Waals surface area contributed by atoms with Gasteiger partial charge in [-0.2, -0.15) is 0 Å². The summed E-state index contributed by atoms with van der Waals surface area (Å²) >= 11 is 0. The summed E-state index contributed by atoms with van der Waals surface area (Å²) in [7, 11) is 1.62. The molecule has 2 rings (SSSR count). The fourth-order valence-corrected chi connectivity index (χ4v) is 2.38. The van der Waals surface area contributed by atoms with Crippen LogP contribution in [0, 0.1) is 0 Å². The molecule has 2 N–H and O–H groups in total. The monoisotopic (exact) mass is 274 g/mol. The van der Waals surface area contributed by atoms with Crippen LogP contribution in [0.15, 0.2) is 36.4 Å². The first-order valence-electron chi connectivity index (χ1n) is 6.54. The fourth-order valence-electron chi connectivity index (χ4n) is 2.38. The zero-order chi connectivity index (χ0) is 14.5. The molecule has 0 aromatic heterocycles. The number of aliphatic hydroxyl groups is 1. The second-order valence-corrected chi connectivity index (χ2v) is 4.78. The predicted octanol–water partition coefficient (Wildman–Crippen LogP) is 2.79. The maximum Gasteiger partial charge on any atom is 0.303 e. The molecular weight excluding hydrogens is 256 g/mol. The number of carboxylic acid groups (broad SMARTS) is 1. The molecule has 4 nitrogen and oxygen atoms in total. The van der Waals surface area contributed by atoms with E-state index in [1.165, 1.54) is 0 Å². The van der Waals surface area contributed by atoms with E-state index in [1.807, 2.05) is 36.4 Å². The van der Waals surface area contributed by atoms with Crippen molar-refractivity contribution in [1.82, 2.24) is 0 Å². The van der Waals surface area contributed by atoms with Crippen molar-refractivity contribution in [1.29, 1.82) is 0 Å². The Kier molecular flexibility index (Phi) is 4.58. The molecule has 106 valence electrons. The van der Waals surface area contributed by atoms with Crippen molar-refractivity contribution in [2.24, 2.45) is 0 Å². The molecule has 0 aliphatic carbocycles. The Morgan fingerprint density at radius 2 is 1.90 bits per heavy atom. The molecule has 0 spiro atoms. The van der Waals surface area contributed by atoms with E-state index in [1.54, 1.807) is 7.11 Å². The highest BCUT2D eigenvalue weighted by Crippen LogP contribution is 2.28. The number of rotatable bonds is 6. The summed E-state index contributed by atoms with van der Waals surface area (Å²) in [5.74, 6) is -0.218. The number of hydrogen-bond donors (Lipinski definition) is 2. The van der Waals surface area contributed by atoms with Gasteiger partial charge in [0.1, 0.15) is 5.75 Å². The molecule has 0 saturated heterocycles. The van der Waals surface area contributed by atoms with E-state index < -0.39 is 5.97 Å². The molecule has 0 saturated carbocycles. The van der Waals surface area contributed by atoms with Crippen molar-refractivity contribution < 1.29 is 19.7 Å². The van der Waals surface area contributed by atoms with Gasteiger partial charge in [-0.3, -0.25) is 4.79 Å². The lowest BCUT2D eigenvalue weighted by Gasteiger charge is -2.15. The Morgan fingerprint density at radius 3 is 2.55 bits per heavy atom. The van der Waals surface area contributed by atoms with Gasteiger partial charge in [0.2, 0.25) is 0 Å². The molecule has 0 aliphatic rings. The Balaban J connectivity index is 2.35. The normalized spacial score (nSPS) is 12.3. The Bertz CT molecular complexity index is 606. The highest BCUT2D eigenvalue weighted by atomic mass is 16.5. The van der Waals surface area contributed by atoms with Crippen LogP contribution in [0.4, 0.5) is 0 Å². The summed E-state index contributed by atoms with van der Waals surface area (Å²) in [4.78, 5) is 10.9. The van der Waals surface area contributed by atoms with Crippen LogP contribution in [-0.4, -0.2) is 29.9 Å². The second kappa shape index (κ2) is 6.39. The van der Waals surface area contributed by atoms with E-state index in [2.05, 4.69) is 0 Å². The molecule has 2 aromatic carbocycles. The number of ether oxygens (including phenoxy) is 1. The van der Waals surface area contributed by atoms with Crippen LogP contribution in [0.3, 0.4) is 0 Å². The van der Waals surface area contributed by atoms with Crippen LogP contribution < -0.4 is 4.74 Å². The van der Waals surface area contributed by atoms with Gasteiger partial charge >= 0.3 is 5.97 Å². The lowest BCUT2D eigenvalue weighted by molar-refractivity contribution is -0.137. The van der Waals surface area contributed by atoms with E-state index in [0.717, 1.165) is 22.1 Å². The largest absolute Gasteiger partial charge is 0.497 e. The lowest BCUT2D eigenvalue weighted by atomic mass is 9.91. The van der Waals surface area contributed by atoms with Crippen molar-refractivity contribution >= 4 is 16.7 Å². The van der Waals surface area contributed by atoms with Gasteiger partial charge in [-0.05, 0) is 40.8 Å². The third kappa shape index (κ3) is 3.27. The van der Waals surface area contributed by atoms with Gasteiger partial charge < -0.3 is 14.9 Å². The number of aliphatic hydroxyl groups excluding tert-OH is 1. The van der Waals surface area contributed by atoms with Crippen LogP contribution >= 0.6 is 0 Å². The maximum atomic E-state index is 10.9. The lowest BCUT2D eigenvalue weighted by Crippen LogP contribution is -2.08. The predicted molar refractivity (Wildman–Crippen MR) is 77.2 cm³/mol. The molecule has 20 heavy (non-hydrogen) atoms. The second-order valence-electron chi connectivity index (χ2n) is 4.78. The number of carboxylic acids is 1. The first kappa shape index (κ1) is 14.3. The summed E-state index contributed by atoms with van der Waals surface area (Å²) in [6, 6.07) is 11.6. The fraction of sp³-hybridized carbons (Fsp3) is 0.312. The quantitative estimate of drug-likeness (QED) is 0.850. The standard InChI is InChI=1S/C16H18O4/c1-20-15-5-4-12-8-11(2-3-13(12)9-15)14(6-7-17)10-16(18)19/h2-5,8-9,14,17H,6-7,10H2,1H3,(H,18,19). The van der Waals surface area contributed by atoms with Gasteiger partial charge in [-0.1, -0.05) is 24.3 Å². The number of fused-ring (bicyclic) bond motifs is 1. The van der Waals surface area contributed by atoms with Crippen molar-refractivity contribution in [2.45, 2.75) is 18.8 Å². The summed E-state index contributed by atoms with van der Waals surface area (Å²) in [5.41, 5.74) is 0.944. The highest BCUT2D eigenvalue weighted by molar-refractivity contribution is 5.84. The van der Waals surface area contributed by atoms with Gasteiger partial charge in [0.15, 0.2) is 0 Å². The number of methoxy groups -OCH3 is 1. The molecule has 0 amide bonds. The Labute approximate surface area is 117 Å². The molecule has 0 fully saturated rings. The van der Waals surface area contributed by atoms with E-state index in [4.69, 9.17) is 14.9 Å². The van der Waals surface area contributed by atoms with E-state index in [0.29, 0.717) is 6.42 Å². The molecular formula is C16H18O4. The zero-order valence-corrected chi connectivity index (χ0v) is 11.4. The Hall–Kier alpha value is -2.07. The van der Waals surface area contributed by atoms with Gasteiger partial charge in [-0.15, -0.1) is 0 Å². The Morgan fingerprint density at radius 1 is 1.20 bits per heavy atom. The minimum Gasteiger partial charge on any atom is -0.497 e. The number of benzene rings is 2. The molecule has 2 aromatic rings. The smallest absolute Gasteiger partial charge is 0.303 e. The minimum atomic E-state index is -0.849. The van der Waals surface area contributed by atoms with Crippen LogP contribution in [-0.2, 0) is 4.79 Å². The third-order valence-corrected chi connectivity index (χ3v) is 3.44. The zero-order valence-electron chi connectivity index (χ0n) is 11.4. The minimum absolute atomic E-state index is 0.0153. The summed E-state index contributed by atoms with van der Waals surface area (Å²) in [6.07, 6.45) is 0.482. The summed E-state index contributed by atoms with van der Waals surface area (Å²) < 4.78 is 5.18. The molecule has 4 heteroatoms. The van der Waals surface area contributed by atoms with Crippen molar-refractivity contribution in [3.63, 3.8) is 0 Å². The molecule has 0 bridgehead atoms. The van der Waals surface area contributed by atoms with Crippen LogP contribution in [0.1, 0.15) is 24.3 Å². The average molecular weight is 274 g/mol. The van der Waals surface area contributed by atoms with E-state index >= 15 is 0 Å². The maximum absolute atomic E-state index is 10.9. The van der Waals surface area contributed by atoms with Crippen LogP contribution in [0.5, 0.6) is 5.75 Å². The molecule has 1 unspecified atom stereocenters. The van der Waals surface area contributed by atoms with E-state index in [9.17, 15) is 4.79 Å². The number of hydrogen-bond acceptors (Lipinski definition) is 3.